The number of fused-ring (bicyclic) bond motifs is 1. The van der Waals surface area contributed by atoms with Crippen molar-refractivity contribution in [3.05, 3.63) is 35.9 Å². The summed E-state index contributed by atoms with van der Waals surface area (Å²) in [5.41, 5.74) is 1.40. The molecular formula is C16H22O. The van der Waals surface area contributed by atoms with Crippen LogP contribution in [0.1, 0.15) is 37.7 Å². The van der Waals surface area contributed by atoms with E-state index in [-0.39, 0.29) is 6.10 Å². The van der Waals surface area contributed by atoms with Gasteiger partial charge in [-0.1, -0.05) is 30.3 Å². The molecule has 2 aliphatic rings. The molecule has 92 valence electrons. The lowest BCUT2D eigenvalue weighted by Gasteiger charge is -2.19. The van der Waals surface area contributed by atoms with Crippen molar-refractivity contribution in [2.24, 2.45) is 17.8 Å². The number of aryl methyl sites for hydroxylation is 1. The Labute approximate surface area is 104 Å². The highest BCUT2D eigenvalue weighted by atomic mass is 16.3. The highest BCUT2D eigenvalue weighted by Gasteiger charge is 2.47. The molecule has 3 atom stereocenters. The van der Waals surface area contributed by atoms with Crippen LogP contribution in [0.25, 0.3) is 0 Å². The average Bonchev–Trinajstić information content (AvgIpc) is 2.97. The van der Waals surface area contributed by atoms with Gasteiger partial charge in [0.2, 0.25) is 0 Å². The van der Waals surface area contributed by atoms with Gasteiger partial charge < -0.3 is 5.11 Å². The summed E-state index contributed by atoms with van der Waals surface area (Å²) in [6.45, 7) is 0. The Morgan fingerprint density at radius 1 is 1.06 bits per heavy atom. The van der Waals surface area contributed by atoms with Crippen LogP contribution in [0.15, 0.2) is 30.3 Å². The zero-order valence-corrected chi connectivity index (χ0v) is 10.4. The SMILES string of the molecule is OC(CCCc1ccccc1)C1CC2CC2C1. The molecule has 1 aromatic carbocycles. The smallest absolute Gasteiger partial charge is 0.0568 e. The molecule has 3 rings (SSSR count). The fourth-order valence-corrected chi connectivity index (χ4v) is 3.47. The lowest BCUT2D eigenvalue weighted by molar-refractivity contribution is 0.0933. The summed E-state index contributed by atoms with van der Waals surface area (Å²) in [6.07, 6.45) is 7.24. The molecule has 2 fully saturated rings. The quantitative estimate of drug-likeness (QED) is 0.821. The first-order valence-corrected chi connectivity index (χ1v) is 7.05. The van der Waals surface area contributed by atoms with Crippen LogP contribution in [0.3, 0.4) is 0 Å². The van der Waals surface area contributed by atoms with Crippen molar-refractivity contribution in [1.82, 2.24) is 0 Å². The van der Waals surface area contributed by atoms with E-state index < -0.39 is 0 Å². The molecule has 17 heavy (non-hydrogen) atoms. The van der Waals surface area contributed by atoms with Gasteiger partial charge in [-0.15, -0.1) is 0 Å². The largest absolute Gasteiger partial charge is 0.393 e. The fourth-order valence-electron chi connectivity index (χ4n) is 3.47. The predicted octanol–water partition coefficient (Wildman–Crippen LogP) is 3.42. The van der Waals surface area contributed by atoms with Gasteiger partial charge in [-0.05, 0) is 61.8 Å². The van der Waals surface area contributed by atoms with Crippen molar-refractivity contribution in [2.45, 2.75) is 44.6 Å². The van der Waals surface area contributed by atoms with E-state index in [2.05, 4.69) is 30.3 Å². The van der Waals surface area contributed by atoms with Gasteiger partial charge in [0.25, 0.3) is 0 Å². The molecule has 0 bridgehead atoms. The Morgan fingerprint density at radius 3 is 2.47 bits per heavy atom. The molecule has 1 N–H and O–H groups in total. The van der Waals surface area contributed by atoms with Gasteiger partial charge in [-0.3, -0.25) is 0 Å². The summed E-state index contributed by atoms with van der Waals surface area (Å²) < 4.78 is 0. The van der Waals surface area contributed by atoms with Crippen molar-refractivity contribution in [3.63, 3.8) is 0 Å². The molecular weight excluding hydrogens is 208 g/mol. The molecule has 2 saturated carbocycles. The molecule has 0 amide bonds. The van der Waals surface area contributed by atoms with Gasteiger partial charge in [0.1, 0.15) is 0 Å². The van der Waals surface area contributed by atoms with Crippen LogP contribution in [0.5, 0.6) is 0 Å². The summed E-state index contributed by atoms with van der Waals surface area (Å²) in [6, 6.07) is 10.6. The third-order valence-corrected chi connectivity index (χ3v) is 4.63. The van der Waals surface area contributed by atoms with Crippen LogP contribution in [0.2, 0.25) is 0 Å². The maximum atomic E-state index is 10.2. The predicted molar refractivity (Wildman–Crippen MR) is 69.7 cm³/mol. The monoisotopic (exact) mass is 230 g/mol. The first-order chi connectivity index (χ1) is 8.33. The van der Waals surface area contributed by atoms with Crippen molar-refractivity contribution >= 4 is 0 Å². The number of aliphatic hydroxyl groups is 1. The third-order valence-electron chi connectivity index (χ3n) is 4.63. The van der Waals surface area contributed by atoms with Gasteiger partial charge in [0, 0.05) is 0 Å². The van der Waals surface area contributed by atoms with E-state index in [0.717, 1.165) is 31.1 Å². The first kappa shape index (κ1) is 11.3. The molecule has 3 unspecified atom stereocenters. The van der Waals surface area contributed by atoms with E-state index >= 15 is 0 Å². The van der Waals surface area contributed by atoms with Crippen molar-refractivity contribution in [2.75, 3.05) is 0 Å². The Hall–Kier alpha value is -0.820. The molecule has 1 heteroatoms. The maximum absolute atomic E-state index is 10.2. The second-order valence-corrected chi connectivity index (χ2v) is 5.93. The summed E-state index contributed by atoms with van der Waals surface area (Å²) in [4.78, 5) is 0. The van der Waals surface area contributed by atoms with Crippen LogP contribution < -0.4 is 0 Å². The zero-order valence-electron chi connectivity index (χ0n) is 10.4. The zero-order chi connectivity index (χ0) is 11.7. The van der Waals surface area contributed by atoms with Crippen molar-refractivity contribution < 1.29 is 5.11 Å². The van der Waals surface area contributed by atoms with Gasteiger partial charge >= 0.3 is 0 Å². The van der Waals surface area contributed by atoms with Gasteiger partial charge in [-0.2, -0.15) is 0 Å². The van der Waals surface area contributed by atoms with Gasteiger partial charge in [0.15, 0.2) is 0 Å². The highest BCUT2D eigenvalue weighted by molar-refractivity contribution is 5.14. The Balaban J connectivity index is 1.39. The average molecular weight is 230 g/mol. The molecule has 2 aliphatic carbocycles. The molecule has 0 aliphatic heterocycles. The Morgan fingerprint density at radius 2 is 1.76 bits per heavy atom. The minimum atomic E-state index is -0.0356. The number of aliphatic hydroxyl groups excluding tert-OH is 1. The summed E-state index contributed by atoms with van der Waals surface area (Å²) >= 11 is 0. The van der Waals surface area contributed by atoms with Crippen LogP contribution in [-0.2, 0) is 6.42 Å². The molecule has 1 nitrogen and oxygen atoms in total. The van der Waals surface area contributed by atoms with Crippen molar-refractivity contribution in [1.29, 1.82) is 0 Å². The summed E-state index contributed by atoms with van der Waals surface area (Å²) in [5.74, 6) is 2.60. The standard InChI is InChI=1S/C16H22O/c17-16(15-10-13-9-14(13)11-15)8-4-7-12-5-2-1-3-6-12/h1-3,5-6,13-17H,4,7-11H2. The topological polar surface area (TPSA) is 20.2 Å². The lowest BCUT2D eigenvalue weighted by Crippen LogP contribution is -2.19. The van der Waals surface area contributed by atoms with Gasteiger partial charge in [-0.25, -0.2) is 0 Å². The highest BCUT2D eigenvalue weighted by Crippen LogP contribution is 2.55. The lowest BCUT2D eigenvalue weighted by atomic mass is 9.92. The molecule has 0 radical (unpaired) electrons. The number of hydrogen-bond donors (Lipinski definition) is 1. The van der Waals surface area contributed by atoms with Crippen LogP contribution in [-0.4, -0.2) is 11.2 Å². The number of rotatable bonds is 5. The van der Waals surface area contributed by atoms with Crippen LogP contribution in [0, 0.1) is 17.8 Å². The summed E-state index contributed by atoms with van der Waals surface area (Å²) in [7, 11) is 0. The van der Waals surface area contributed by atoms with E-state index in [1.165, 1.54) is 24.8 Å². The van der Waals surface area contributed by atoms with Crippen molar-refractivity contribution in [3.8, 4) is 0 Å². The minimum absolute atomic E-state index is 0.0356. The Kier molecular flexibility index (Phi) is 3.19. The number of benzene rings is 1. The van der Waals surface area contributed by atoms with Gasteiger partial charge in [0.05, 0.1) is 6.10 Å². The number of hydrogen-bond acceptors (Lipinski definition) is 1. The fraction of sp³-hybridized carbons (Fsp3) is 0.625. The normalized spacial score (nSPS) is 32.2. The molecule has 0 spiro atoms. The second kappa shape index (κ2) is 4.81. The minimum Gasteiger partial charge on any atom is -0.393 e. The molecule has 0 saturated heterocycles. The first-order valence-electron chi connectivity index (χ1n) is 7.05. The van der Waals surface area contributed by atoms with E-state index in [1.807, 2.05) is 0 Å². The van der Waals surface area contributed by atoms with E-state index in [9.17, 15) is 5.11 Å². The third kappa shape index (κ3) is 2.71. The maximum Gasteiger partial charge on any atom is 0.0568 e. The summed E-state index contributed by atoms with van der Waals surface area (Å²) in [5, 5.41) is 10.2. The van der Waals surface area contributed by atoms with E-state index in [0.29, 0.717) is 5.92 Å². The van der Waals surface area contributed by atoms with E-state index in [1.54, 1.807) is 0 Å². The molecule has 0 aromatic heterocycles. The molecule has 0 heterocycles. The van der Waals surface area contributed by atoms with Crippen LogP contribution in [0.4, 0.5) is 0 Å². The second-order valence-electron chi connectivity index (χ2n) is 5.93. The molecule has 1 aromatic rings. The van der Waals surface area contributed by atoms with E-state index in [4.69, 9.17) is 0 Å². The Bertz CT molecular complexity index is 349. The van der Waals surface area contributed by atoms with Crippen LogP contribution >= 0.6 is 0 Å².